The van der Waals surface area contributed by atoms with Gasteiger partial charge < -0.3 is 5.11 Å². The van der Waals surface area contributed by atoms with E-state index in [1.54, 1.807) is 28.5 Å². The molecule has 2 N–H and O–H groups in total. The van der Waals surface area contributed by atoms with Crippen LogP contribution in [0.3, 0.4) is 0 Å². The zero-order valence-electron chi connectivity index (χ0n) is 15.1. The quantitative estimate of drug-likeness (QED) is 0.500. The second-order valence-electron chi connectivity index (χ2n) is 6.51. The van der Waals surface area contributed by atoms with Crippen LogP contribution in [-0.4, -0.2) is 31.7 Å². The third kappa shape index (κ3) is 3.30. The highest BCUT2D eigenvalue weighted by atomic mass is 32.2. The topological polar surface area (TPSA) is 78.4 Å². The molecule has 1 unspecified atom stereocenters. The fourth-order valence-electron chi connectivity index (χ4n) is 3.26. The summed E-state index contributed by atoms with van der Waals surface area (Å²) in [6, 6.07) is 19.2. The minimum atomic E-state index is -0.331. The molecule has 1 atom stereocenters. The number of hydrazine groups is 1. The van der Waals surface area contributed by atoms with E-state index in [2.05, 4.69) is 27.5 Å². The number of aromatic hydroxyl groups is 1. The Balaban J connectivity index is 1.51. The fourth-order valence-corrected chi connectivity index (χ4v) is 5.46. The lowest BCUT2D eigenvalue weighted by atomic mass is 10.2. The van der Waals surface area contributed by atoms with Crippen molar-refractivity contribution in [3.63, 3.8) is 0 Å². The number of nitrogens with zero attached hydrogens (tertiary/aromatic N) is 3. The third-order valence-corrected chi connectivity index (χ3v) is 7.04. The second-order valence-corrected chi connectivity index (χ2v) is 8.63. The Morgan fingerprint density at radius 3 is 2.69 bits per heavy atom. The highest BCUT2D eigenvalue weighted by Crippen LogP contribution is 2.43. The Hall–Kier alpha value is -3.10. The molecule has 29 heavy (non-hydrogen) atoms. The van der Waals surface area contributed by atoms with Crippen molar-refractivity contribution in [3.05, 3.63) is 72.6 Å². The summed E-state index contributed by atoms with van der Waals surface area (Å²) in [7, 11) is 0. The lowest BCUT2D eigenvalue weighted by Crippen LogP contribution is -2.34. The summed E-state index contributed by atoms with van der Waals surface area (Å²) >= 11 is 3.05. The summed E-state index contributed by atoms with van der Waals surface area (Å²) in [5.74, 6) is 1.02. The van der Waals surface area contributed by atoms with E-state index < -0.39 is 0 Å². The number of phenolic OH excluding ortho intramolecular Hbond substituents is 1. The highest BCUT2D eigenvalue weighted by Gasteiger charge is 2.35. The molecule has 1 fully saturated rings. The van der Waals surface area contributed by atoms with Crippen molar-refractivity contribution in [2.75, 3.05) is 11.2 Å². The van der Waals surface area contributed by atoms with Gasteiger partial charge in [-0.15, -0.1) is 23.1 Å². The van der Waals surface area contributed by atoms with Crippen LogP contribution < -0.4 is 5.43 Å². The molecule has 6 nitrogen and oxygen atoms in total. The maximum atomic E-state index is 12.6. The Kier molecular flexibility index (Phi) is 4.57. The predicted octanol–water partition coefficient (Wildman–Crippen LogP) is 4.67. The van der Waals surface area contributed by atoms with Crippen molar-refractivity contribution >= 4 is 45.0 Å². The summed E-state index contributed by atoms with van der Waals surface area (Å²) in [5, 5.41) is 11.5. The van der Waals surface area contributed by atoms with Gasteiger partial charge >= 0.3 is 0 Å². The minimum absolute atomic E-state index is 0.0603. The van der Waals surface area contributed by atoms with E-state index in [1.165, 1.54) is 18.1 Å². The second kappa shape index (κ2) is 7.38. The molecule has 0 bridgehead atoms. The van der Waals surface area contributed by atoms with E-state index in [0.29, 0.717) is 17.1 Å². The molecule has 8 heteroatoms. The lowest BCUT2D eigenvalue weighted by molar-refractivity contribution is -0.126. The number of thioether (sulfide) groups is 1. The third-order valence-electron chi connectivity index (χ3n) is 4.67. The molecule has 144 valence electrons. The van der Waals surface area contributed by atoms with Crippen molar-refractivity contribution in [2.24, 2.45) is 0 Å². The molecule has 1 aliphatic heterocycles. The molecule has 1 amide bonds. The summed E-state index contributed by atoms with van der Waals surface area (Å²) in [6.45, 7) is 0. The van der Waals surface area contributed by atoms with Gasteiger partial charge in [-0.2, -0.15) is 0 Å². The number of nitrogens with one attached hydrogen (secondary N) is 1. The largest absolute Gasteiger partial charge is 0.508 e. The molecule has 5 rings (SSSR count). The monoisotopic (exact) mass is 420 g/mol. The predicted molar refractivity (Wildman–Crippen MR) is 117 cm³/mol. The van der Waals surface area contributed by atoms with Crippen LogP contribution >= 0.6 is 23.1 Å². The zero-order valence-corrected chi connectivity index (χ0v) is 16.8. The van der Waals surface area contributed by atoms with Crippen LogP contribution in [0.1, 0.15) is 10.9 Å². The average Bonchev–Trinajstić information content (AvgIpc) is 3.34. The molecular formula is C21H16N4O2S2. The summed E-state index contributed by atoms with van der Waals surface area (Å²) < 4.78 is 0.882. The van der Waals surface area contributed by atoms with Gasteiger partial charge in [0, 0.05) is 10.4 Å². The molecule has 0 aliphatic carbocycles. The first-order chi connectivity index (χ1) is 14.2. The Morgan fingerprint density at radius 1 is 1.07 bits per heavy atom. The van der Waals surface area contributed by atoms with Crippen LogP contribution in [0.5, 0.6) is 5.75 Å². The number of thiophene rings is 1. The molecule has 2 aromatic carbocycles. The molecular weight excluding hydrogens is 404 g/mol. The first kappa shape index (κ1) is 18.0. The Morgan fingerprint density at radius 2 is 1.86 bits per heavy atom. The highest BCUT2D eigenvalue weighted by molar-refractivity contribution is 8.00. The van der Waals surface area contributed by atoms with Crippen molar-refractivity contribution in [1.29, 1.82) is 0 Å². The van der Waals surface area contributed by atoms with Gasteiger partial charge in [0.05, 0.1) is 16.0 Å². The van der Waals surface area contributed by atoms with Gasteiger partial charge in [0.2, 0.25) is 0 Å². The number of anilines is 1. The van der Waals surface area contributed by atoms with Crippen molar-refractivity contribution < 1.29 is 9.90 Å². The van der Waals surface area contributed by atoms with Crippen LogP contribution in [0.4, 0.5) is 5.82 Å². The normalized spacial score (nSPS) is 16.5. The summed E-state index contributed by atoms with van der Waals surface area (Å²) in [5.41, 5.74) is 5.81. The van der Waals surface area contributed by atoms with Crippen LogP contribution in [0.25, 0.3) is 20.7 Å². The standard InChI is InChI=1S/C21H16N4O2S2/c26-16-9-5-4-8-14(16)21-25(18(27)11-28-21)24-20-19-15(22-12-23-20)10-17(29-19)13-6-2-1-3-7-13/h1-10,12,21,26H,11H2,(H,22,23,24). The van der Waals surface area contributed by atoms with E-state index in [4.69, 9.17) is 0 Å². The number of fused-ring (bicyclic) bond motifs is 1. The maximum absolute atomic E-state index is 12.6. The van der Waals surface area contributed by atoms with Gasteiger partial charge in [-0.05, 0) is 17.7 Å². The SMILES string of the molecule is O=C1CSC(c2ccccc2O)N1Nc1ncnc2cc(-c3ccccc3)sc12. The van der Waals surface area contributed by atoms with Crippen molar-refractivity contribution in [3.8, 4) is 16.2 Å². The average molecular weight is 421 g/mol. The molecule has 0 radical (unpaired) electrons. The van der Waals surface area contributed by atoms with E-state index >= 15 is 0 Å². The maximum Gasteiger partial charge on any atom is 0.252 e. The summed E-state index contributed by atoms with van der Waals surface area (Å²) in [4.78, 5) is 22.4. The van der Waals surface area contributed by atoms with Crippen LogP contribution in [0, 0.1) is 0 Å². The number of amides is 1. The van der Waals surface area contributed by atoms with E-state index in [9.17, 15) is 9.90 Å². The van der Waals surface area contributed by atoms with E-state index in [-0.39, 0.29) is 17.0 Å². The molecule has 1 saturated heterocycles. The number of hydrogen-bond acceptors (Lipinski definition) is 7. The van der Waals surface area contributed by atoms with Gasteiger partial charge in [-0.25, -0.2) is 15.0 Å². The number of benzene rings is 2. The van der Waals surface area contributed by atoms with Crippen LogP contribution in [0.15, 0.2) is 67.0 Å². The molecule has 3 heterocycles. The first-order valence-electron chi connectivity index (χ1n) is 8.99. The Bertz CT molecular complexity index is 1200. The van der Waals surface area contributed by atoms with Crippen LogP contribution in [-0.2, 0) is 4.79 Å². The van der Waals surface area contributed by atoms with Crippen molar-refractivity contribution in [1.82, 2.24) is 15.0 Å². The number of para-hydroxylation sites is 1. The zero-order chi connectivity index (χ0) is 19.8. The number of hydrogen-bond donors (Lipinski definition) is 2. The van der Waals surface area contributed by atoms with Gasteiger partial charge in [-0.3, -0.25) is 10.2 Å². The van der Waals surface area contributed by atoms with Gasteiger partial charge in [-0.1, -0.05) is 48.5 Å². The number of carbonyl (C=O) groups is 1. The van der Waals surface area contributed by atoms with Gasteiger partial charge in [0.15, 0.2) is 5.82 Å². The first-order valence-corrected chi connectivity index (χ1v) is 10.9. The smallest absolute Gasteiger partial charge is 0.252 e. The minimum Gasteiger partial charge on any atom is -0.508 e. The Labute approximate surface area is 175 Å². The number of aromatic nitrogens is 2. The van der Waals surface area contributed by atoms with E-state index in [0.717, 1.165) is 20.7 Å². The molecule has 4 aromatic rings. The summed E-state index contributed by atoms with van der Waals surface area (Å²) in [6.07, 6.45) is 1.49. The number of phenols is 1. The molecule has 2 aromatic heterocycles. The van der Waals surface area contributed by atoms with Gasteiger partial charge in [0.1, 0.15) is 17.5 Å². The van der Waals surface area contributed by atoms with E-state index in [1.807, 2.05) is 36.4 Å². The fraction of sp³-hybridized carbons (Fsp3) is 0.0952. The molecule has 0 saturated carbocycles. The molecule has 1 aliphatic rings. The number of carbonyl (C=O) groups excluding carboxylic acids is 1. The van der Waals surface area contributed by atoms with Crippen LogP contribution in [0.2, 0.25) is 0 Å². The number of rotatable bonds is 4. The van der Waals surface area contributed by atoms with Gasteiger partial charge in [0.25, 0.3) is 5.91 Å². The lowest BCUT2D eigenvalue weighted by Gasteiger charge is -2.25. The van der Waals surface area contributed by atoms with Crippen molar-refractivity contribution in [2.45, 2.75) is 5.37 Å². The molecule has 0 spiro atoms.